The van der Waals surface area contributed by atoms with Gasteiger partial charge in [0.05, 0.1) is 9.85 Å². The van der Waals surface area contributed by atoms with E-state index in [1.54, 1.807) is 0 Å². The van der Waals surface area contributed by atoms with E-state index in [-0.39, 0.29) is 12.1 Å². The second kappa shape index (κ2) is 6.34. The Labute approximate surface area is 166 Å². The monoisotopic (exact) mass is 456 g/mol. The van der Waals surface area contributed by atoms with E-state index in [4.69, 9.17) is 0 Å². The van der Waals surface area contributed by atoms with Gasteiger partial charge in [-0.1, -0.05) is 24.3 Å². The van der Waals surface area contributed by atoms with E-state index in [1.807, 2.05) is 0 Å². The molecule has 1 saturated carbocycles. The third kappa shape index (κ3) is 2.44. The molecule has 0 bridgehead atoms. The van der Waals surface area contributed by atoms with Gasteiger partial charge in [0.15, 0.2) is 5.41 Å². The molecule has 166 valence electrons. The Hall–Kier alpha value is -3.32. The highest BCUT2D eigenvalue weighted by Crippen LogP contribution is 2.73. The van der Waals surface area contributed by atoms with Crippen LogP contribution in [-0.2, 0) is 5.41 Å². The van der Waals surface area contributed by atoms with Crippen molar-refractivity contribution in [3.05, 3.63) is 79.9 Å². The van der Waals surface area contributed by atoms with Gasteiger partial charge in [0.1, 0.15) is 0 Å². The summed E-state index contributed by atoms with van der Waals surface area (Å²) in [5, 5.41) is 21.9. The van der Waals surface area contributed by atoms with E-state index in [1.165, 1.54) is 0 Å². The summed E-state index contributed by atoms with van der Waals surface area (Å²) in [5.74, 6) is -25.7. The van der Waals surface area contributed by atoms with E-state index in [0.29, 0.717) is 36.4 Å². The van der Waals surface area contributed by atoms with Crippen molar-refractivity contribution in [3.8, 4) is 0 Å². The van der Waals surface area contributed by atoms with Crippen LogP contribution < -0.4 is 0 Å². The maximum Gasteiger partial charge on any atom is 0.379 e. The lowest BCUT2D eigenvalue weighted by Gasteiger charge is -2.39. The zero-order chi connectivity index (χ0) is 23.6. The lowest BCUT2D eigenvalue weighted by atomic mass is 9.68. The number of hydrogen-bond acceptors (Lipinski definition) is 4. The van der Waals surface area contributed by atoms with E-state index in [0.717, 1.165) is 0 Å². The Morgan fingerprint density at radius 1 is 0.581 bits per heavy atom. The van der Waals surface area contributed by atoms with Gasteiger partial charge in [-0.05, 0) is 11.1 Å². The highest BCUT2D eigenvalue weighted by molar-refractivity contribution is 5.56. The standard InChI is InChI=1S/C17H8F8N2O4/c18-14(19)13(9-3-1-5-11(7-9)26(28)29,10-4-2-6-12(8-10)27(30)31)15(20,21)17(24,25)16(14,22)23/h1-8H. The van der Waals surface area contributed by atoms with Crippen LogP contribution in [0, 0.1) is 20.2 Å². The summed E-state index contributed by atoms with van der Waals surface area (Å²) in [5.41, 5.74) is -10.4. The summed E-state index contributed by atoms with van der Waals surface area (Å²) >= 11 is 0. The highest BCUT2D eigenvalue weighted by atomic mass is 19.4. The molecule has 0 heterocycles. The Bertz CT molecular complexity index is 1000. The fraction of sp³-hybridized carbons (Fsp3) is 0.294. The Morgan fingerprint density at radius 3 is 1.19 bits per heavy atom. The van der Waals surface area contributed by atoms with Gasteiger partial charge < -0.3 is 0 Å². The molecule has 1 aliphatic rings. The zero-order valence-electron chi connectivity index (χ0n) is 14.7. The van der Waals surface area contributed by atoms with Crippen LogP contribution in [0.15, 0.2) is 48.5 Å². The fourth-order valence-electron chi connectivity index (χ4n) is 3.66. The van der Waals surface area contributed by atoms with Crippen molar-refractivity contribution in [2.24, 2.45) is 0 Å². The number of nitro benzene ring substituents is 2. The molecule has 0 unspecified atom stereocenters. The van der Waals surface area contributed by atoms with Gasteiger partial charge in [0.2, 0.25) is 0 Å². The van der Waals surface area contributed by atoms with Crippen LogP contribution in [0.2, 0.25) is 0 Å². The summed E-state index contributed by atoms with van der Waals surface area (Å²) in [6.45, 7) is 0. The van der Waals surface area contributed by atoms with Gasteiger partial charge in [-0.3, -0.25) is 20.2 Å². The molecular formula is C17H8F8N2O4. The smallest absolute Gasteiger partial charge is 0.258 e. The normalized spacial score (nSPS) is 22.1. The van der Waals surface area contributed by atoms with Crippen molar-refractivity contribution in [1.29, 1.82) is 0 Å². The quantitative estimate of drug-likeness (QED) is 0.353. The van der Waals surface area contributed by atoms with Crippen LogP contribution in [0.3, 0.4) is 0 Å². The first-order valence-electron chi connectivity index (χ1n) is 8.08. The van der Waals surface area contributed by atoms with Crippen LogP contribution in [-0.4, -0.2) is 33.5 Å². The second-order valence-corrected chi connectivity index (χ2v) is 6.66. The molecule has 31 heavy (non-hydrogen) atoms. The summed E-state index contributed by atoms with van der Waals surface area (Å²) in [7, 11) is 0. The molecule has 1 fully saturated rings. The average molecular weight is 456 g/mol. The van der Waals surface area contributed by atoms with Crippen molar-refractivity contribution in [1.82, 2.24) is 0 Å². The van der Waals surface area contributed by atoms with E-state index < -0.39 is 61.5 Å². The first kappa shape index (κ1) is 22.4. The molecule has 0 atom stereocenters. The van der Waals surface area contributed by atoms with Gasteiger partial charge in [-0.15, -0.1) is 0 Å². The lowest BCUT2D eigenvalue weighted by molar-refractivity contribution is -0.385. The number of non-ortho nitro benzene ring substituents is 2. The Morgan fingerprint density at radius 2 is 0.903 bits per heavy atom. The summed E-state index contributed by atoms with van der Waals surface area (Å²) in [4.78, 5) is 19.5. The van der Waals surface area contributed by atoms with Gasteiger partial charge in [-0.25, -0.2) is 0 Å². The number of nitro groups is 2. The van der Waals surface area contributed by atoms with Gasteiger partial charge in [-0.2, -0.15) is 35.1 Å². The predicted octanol–water partition coefficient (Wildman–Crippen LogP) is 5.34. The molecule has 14 heteroatoms. The topological polar surface area (TPSA) is 86.3 Å². The molecule has 0 saturated heterocycles. The Balaban J connectivity index is 2.56. The van der Waals surface area contributed by atoms with E-state index >= 15 is 17.6 Å². The number of halogens is 8. The van der Waals surface area contributed by atoms with Crippen LogP contribution in [0.5, 0.6) is 0 Å². The summed E-state index contributed by atoms with van der Waals surface area (Å²) in [6, 6.07) is 3.06. The second-order valence-electron chi connectivity index (χ2n) is 6.66. The minimum atomic E-state index is -6.63. The summed E-state index contributed by atoms with van der Waals surface area (Å²) in [6.07, 6.45) is 0. The summed E-state index contributed by atoms with van der Waals surface area (Å²) < 4.78 is 117. The molecule has 2 aromatic rings. The molecule has 0 amide bonds. The maximum absolute atomic E-state index is 15.0. The van der Waals surface area contributed by atoms with Crippen LogP contribution in [0.25, 0.3) is 0 Å². The van der Waals surface area contributed by atoms with Crippen molar-refractivity contribution in [2.45, 2.75) is 29.1 Å². The third-order valence-corrected chi connectivity index (χ3v) is 5.10. The molecule has 6 nitrogen and oxygen atoms in total. The molecule has 0 aromatic heterocycles. The van der Waals surface area contributed by atoms with Gasteiger partial charge in [0, 0.05) is 24.3 Å². The molecule has 0 N–H and O–H groups in total. The molecule has 2 aromatic carbocycles. The molecule has 0 spiro atoms. The number of hydrogen-bond donors (Lipinski definition) is 0. The third-order valence-electron chi connectivity index (χ3n) is 5.10. The van der Waals surface area contributed by atoms with Crippen LogP contribution in [0.4, 0.5) is 46.5 Å². The SMILES string of the molecule is O=[N+]([O-])c1cccc(C2(c3cccc([N+](=O)[O-])c3)C(F)(F)C(F)(F)C(F)(F)C2(F)F)c1. The first-order chi connectivity index (χ1) is 14.1. The largest absolute Gasteiger partial charge is 0.379 e. The van der Waals surface area contributed by atoms with Crippen LogP contribution in [0.1, 0.15) is 11.1 Å². The molecule has 1 aliphatic carbocycles. The van der Waals surface area contributed by atoms with Crippen molar-refractivity contribution >= 4 is 11.4 Å². The molecule has 0 aliphatic heterocycles. The van der Waals surface area contributed by atoms with Crippen molar-refractivity contribution in [3.63, 3.8) is 0 Å². The van der Waals surface area contributed by atoms with Gasteiger partial charge >= 0.3 is 23.7 Å². The number of nitrogens with zero attached hydrogens (tertiary/aromatic N) is 2. The van der Waals surface area contributed by atoms with Crippen molar-refractivity contribution < 1.29 is 45.0 Å². The van der Waals surface area contributed by atoms with Gasteiger partial charge in [0.25, 0.3) is 11.4 Å². The number of rotatable bonds is 4. The molecule has 3 rings (SSSR count). The average Bonchev–Trinajstić information content (AvgIpc) is 2.73. The minimum absolute atomic E-state index is 0.0259. The fourth-order valence-corrected chi connectivity index (χ4v) is 3.66. The van der Waals surface area contributed by atoms with Crippen molar-refractivity contribution in [2.75, 3.05) is 0 Å². The first-order valence-corrected chi connectivity index (χ1v) is 8.08. The van der Waals surface area contributed by atoms with E-state index in [9.17, 15) is 37.8 Å². The lowest BCUT2D eigenvalue weighted by Crippen LogP contribution is -2.56. The van der Waals surface area contributed by atoms with E-state index in [2.05, 4.69) is 0 Å². The molecule has 0 radical (unpaired) electrons. The van der Waals surface area contributed by atoms with Crippen LogP contribution >= 0.6 is 0 Å². The zero-order valence-corrected chi connectivity index (χ0v) is 14.7. The minimum Gasteiger partial charge on any atom is -0.258 e. The number of alkyl halides is 8. The predicted molar refractivity (Wildman–Crippen MR) is 86.8 cm³/mol. The number of benzene rings is 2. The highest BCUT2D eigenvalue weighted by Gasteiger charge is 2.99. The molecular weight excluding hydrogens is 448 g/mol. The Kier molecular flexibility index (Phi) is 4.57. The maximum atomic E-state index is 15.0.